The maximum Gasteiger partial charge on any atom is 0.319 e. The number of urea groups is 1. The van der Waals surface area contributed by atoms with E-state index in [1.807, 2.05) is 0 Å². The summed E-state index contributed by atoms with van der Waals surface area (Å²) >= 11 is 5.76. The molecule has 1 aromatic rings. The molecule has 104 valence electrons. The Labute approximate surface area is 117 Å². The number of carbonyl (C=O) groups is 1. The number of carbonyl (C=O) groups excluding carboxylic acids is 1. The van der Waals surface area contributed by atoms with Gasteiger partial charge in [-0.15, -0.1) is 0 Å². The van der Waals surface area contributed by atoms with Crippen LogP contribution in [0.4, 0.5) is 10.5 Å². The van der Waals surface area contributed by atoms with E-state index in [0.29, 0.717) is 16.5 Å². The van der Waals surface area contributed by atoms with Gasteiger partial charge in [0.15, 0.2) is 0 Å². The van der Waals surface area contributed by atoms with Crippen molar-refractivity contribution in [1.29, 1.82) is 0 Å². The van der Waals surface area contributed by atoms with Crippen molar-refractivity contribution in [2.24, 2.45) is 0 Å². The Morgan fingerprint density at radius 1 is 1.37 bits per heavy atom. The number of rotatable bonds is 2. The Morgan fingerprint density at radius 2 is 2.05 bits per heavy atom. The molecule has 0 bridgehead atoms. The van der Waals surface area contributed by atoms with Gasteiger partial charge in [-0.05, 0) is 44.7 Å². The van der Waals surface area contributed by atoms with Crippen LogP contribution in [0, 0.1) is 6.92 Å². The van der Waals surface area contributed by atoms with Gasteiger partial charge in [0, 0.05) is 6.04 Å². The molecule has 5 nitrogen and oxygen atoms in total. The predicted molar refractivity (Wildman–Crippen MR) is 74.4 cm³/mol. The molecular formula is C13H18ClN3O2. The molecule has 1 heterocycles. The highest BCUT2D eigenvalue weighted by Crippen LogP contribution is 2.19. The molecule has 0 aliphatic heterocycles. The van der Waals surface area contributed by atoms with E-state index in [2.05, 4.69) is 15.6 Å². The topological polar surface area (TPSA) is 74.2 Å². The number of aromatic nitrogens is 1. The Kier molecular flexibility index (Phi) is 4.61. The highest BCUT2D eigenvalue weighted by Gasteiger charge is 2.20. The summed E-state index contributed by atoms with van der Waals surface area (Å²) in [6.45, 7) is 1.79. The second kappa shape index (κ2) is 6.21. The molecule has 1 aliphatic carbocycles. The largest absolute Gasteiger partial charge is 0.393 e. The Balaban J connectivity index is 1.87. The first-order chi connectivity index (χ1) is 9.04. The van der Waals surface area contributed by atoms with Gasteiger partial charge in [-0.1, -0.05) is 11.6 Å². The lowest BCUT2D eigenvalue weighted by atomic mass is 9.93. The van der Waals surface area contributed by atoms with Gasteiger partial charge in [0.25, 0.3) is 0 Å². The number of aryl methyl sites for hydroxylation is 1. The quantitative estimate of drug-likeness (QED) is 0.730. The van der Waals surface area contributed by atoms with Gasteiger partial charge in [-0.2, -0.15) is 0 Å². The van der Waals surface area contributed by atoms with Crippen LogP contribution in [-0.2, 0) is 0 Å². The highest BCUT2D eigenvalue weighted by atomic mass is 35.5. The standard InChI is InChI=1S/C13H18ClN3O2/c1-8-11(6-7-12(14)15-8)17-13(19)16-9-2-4-10(18)5-3-9/h6-7,9-10,18H,2-5H2,1H3,(H2,16,17,19). The van der Waals surface area contributed by atoms with Gasteiger partial charge in [0.2, 0.25) is 0 Å². The molecule has 1 aliphatic rings. The normalized spacial score (nSPS) is 22.9. The van der Waals surface area contributed by atoms with Gasteiger partial charge in [-0.3, -0.25) is 0 Å². The Hall–Kier alpha value is -1.33. The molecule has 1 fully saturated rings. The number of hydrogen-bond donors (Lipinski definition) is 3. The molecular weight excluding hydrogens is 266 g/mol. The van der Waals surface area contributed by atoms with Crippen molar-refractivity contribution in [3.63, 3.8) is 0 Å². The molecule has 0 spiro atoms. The zero-order valence-corrected chi connectivity index (χ0v) is 11.6. The monoisotopic (exact) mass is 283 g/mol. The van der Waals surface area contributed by atoms with Crippen LogP contribution in [-0.4, -0.2) is 28.3 Å². The molecule has 2 rings (SSSR count). The van der Waals surface area contributed by atoms with Crippen molar-refractivity contribution < 1.29 is 9.90 Å². The van der Waals surface area contributed by atoms with Gasteiger partial charge < -0.3 is 15.7 Å². The second-order valence-electron chi connectivity index (χ2n) is 4.87. The zero-order valence-electron chi connectivity index (χ0n) is 10.8. The first-order valence-electron chi connectivity index (χ1n) is 6.43. The number of nitrogens with zero attached hydrogens (tertiary/aromatic N) is 1. The van der Waals surface area contributed by atoms with E-state index in [0.717, 1.165) is 25.7 Å². The number of halogens is 1. The van der Waals surface area contributed by atoms with Crippen LogP contribution in [0.1, 0.15) is 31.4 Å². The minimum Gasteiger partial charge on any atom is -0.393 e. The molecule has 1 saturated carbocycles. The van der Waals surface area contributed by atoms with Gasteiger partial charge in [0.1, 0.15) is 5.15 Å². The van der Waals surface area contributed by atoms with Gasteiger partial charge >= 0.3 is 6.03 Å². The maximum absolute atomic E-state index is 11.9. The third-order valence-electron chi connectivity index (χ3n) is 3.33. The molecule has 6 heteroatoms. The summed E-state index contributed by atoms with van der Waals surface area (Å²) in [6.07, 6.45) is 2.89. The van der Waals surface area contributed by atoms with Crippen LogP contribution in [0.15, 0.2) is 12.1 Å². The molecule has 3 N–H and O–H groups in total. The first kappa shape index (κ1) is 14.1. The number of aliphatic hydroxyl groups is 1. The first-order valence-corrected chi connectivity index (χ1v) is 6.81. The minimum absolute atomic E-state index is 0.129. The zero-order chi connectivity index (χ0) is 13.8. The van der Waals surface area contributed by atoms with Crippen molar-refractivity contribution in [2.45, 2.75) is 44.8 Å². The summed E-state index contributed by atoms with van der Waals surface area (Å²) in [5, 5.41) is 15.5. The number of aliphatic hydroxyl groups excluding tert-OH is 1. The van der Waals surface area contributed by atoms with Crippen molar-refractivity contribution >= 4 is 23.3 Å². The third-order valence-corrected chi connectivity index (χ3v) is 3.54. The molecule has 1 aromatic heterocycles. The molecule has 2 amide bonds. The van der Waals surface area contributed by atoms with E-state index in [1.54, 1.807) is 19.1 Å². The molecule has 19 heavy (non-hydrogen) atoms. The smallest absolute Gasteiger partial charge is 0.319 e. The fourth-order valence-electron chi connectivity index (χ4n) is 2.23. The molecule has 0 unspecified atom stereocenters. The summed E-state index contributed by atoms with van der Waals surface area (Å²) in [5.74, 6) is 0. The SMILES string of the molecule is Cc1nc(Cl)ccc1NC(=O)NC1CCC(O)CC1. The number of hydrogen-bond acceptors (Lipinski definition) is 3. The third kappa shape index (κ3) is 4.08. The van der Waals surface area contributed by atoms with Gasteiger partial charge in [0.05, 0.1) is 17.5 Å². The van der Waals surface area contributed by atoms with E-state index in [9.17, 15) is 9.90 Å². The summed E-state index contributed by atoms with van der Waals surface area (Å²) in [4.78, 5) is 15.9. The molecule has 0 radical (unpaired) electrons. The van der Waals surface area contributed by atoms with Crippen LogP contribution >= 0.6 is 11.6 Å². The van der Waals surface area contributed by atoms with Gasteiger partial charge in [-0.25, -0.2) is 9.78 Å². The summed E-state index contributed by atoms with van der Waals surface area (Å²) in [5.41, 5.74) is 1.33. The van der Waals surface area contributed by atoms with Crippen LogP contribution in [0.2, 0.25) is 5.15 Å². The van der Waals surface area contributed by atoms with E-state index >= 15 is 0 Å². The maximum atomic E-state index is 11.9. The fraction of sp³-hybridized carbons (Fsp3) is 0.538. The lowest BCUT2D eigenvalue weighted by Crippen LogP contribution is -2.41. The fourth-order valence-corrected chi connectivity index (χ4v) is 2.42. The lowest BCUT2D eigenvalue weighted by Gasteiger charge is -2.26. The number of anilines is 1. The van der Waals surface area contributed by atoms with Crippen molar-refractivity contribution in [2.75, 3.05) is 5.32 Å². The molecule has 0 atom stereocenters. The van der Waals surface area contributed by atoms with Crippen LogP contribution in [0.25, 0.3) is 0 Å². The number of nitrogens with one attached hydrogen (secondary N) is 2. The Morgan fingerprint density at radius 3 is 2.68 bits per heavy atom. The second-order valence-corrected chi connectivity index (χ2v) is 5.26. The summed E-state index contributed by atoms with van der Waals surface area (Å²) in [7, 11) is 0. The van der Waals surface area contributed by atoms with Crippen LogP contribution in [0.3, 0.4) is 0 Å². The average molecular weight is 284 g/mol. The van der Waals surface area contributed by atoms with Crippen molar-refractivity contribution in [1.82, 2.24) is 10.3 Å². The summed E-state index contributed by atoms with van der Waals surface area (Å²) < 4.78 is 0. The molecule has 0 saturated heterocycles. The van der Waals surface area contributed by atoms with Crippen molar-refractivity contribution in [3.05, 3.63) is 23.0 Å². The van der Waals surface area contributed by atoms with Crippen molar-refractivity contribution in [3.8, 4) is 0 Å². The predicted octanol–water partition coefficient (Wildman–Crippen LogP) is 2.47. The number of pyridine rings is 1. The number of amides is 2. The van der Waals surface area contributed by atoms with Crippen LogP contribution < -0.4 is 10.6 Å². The minimum atomic E-state index is -0.242. The molecule has 0 aromatic carbocycles. The van der Waals surface area contributed by atoms with E-state index < -0.39 is 0 Å². The highest BCUT2D eigenvalue weighted by molar-refractivity contribution is 6.29. The van der Waals surface area contributed by atoms with Crippen LogP contribution in [0.5, 0.6) is 0 Å². The lowest BCUT2D eigenvalue weighted by molar-refractivity contribution is 0.118. The Bertz CT molecular complexity index is 459. The average Bonchev–Trinajstić information content (AvgIpc) is 2.36. The summed E-state index contributed by atoms with van der Waals surface area (Å²) in [6, 6.07) is 3.26. The van der Waals surface area contributed by atoms with E-state index in [1.165, 1.54) is 0 Å². The van der Waals surface area contributed by atoms with E-state index in [4.69, 9.17) is 11.6 Å². The van der Waals surface area contributed by atoms with E-state index in [-0.39, 0.29) is 18.2 Å².